The highest BCUT2D eigenvalue weighted by Gasteiger charge is 2.23. The van der Waals surface area contributed by atoms with E-state index in [0.29, 0.717) is 6.04 Å². The van der Waals surface area contributed by atoms with Crippen molar-refractivity contribution in [2.24, 2.45) is 0 Å². The SMILES string of the molecule is ClCCC1CCCCN1c1nccs1. The predicted molar refractivity (Wildman–Crippen MR) is 62.4 cm³/mol. The zero-order valence-corrected chi connectivity index (χ0v) is 9.73. The van der Waals surface area contributed by atoms with Gasteiger partial charge in [-0.3, -0.25) is 0 Å². The first-order valence-corrected chi connectivity index (χ1v) is 6.55. The Labute approximate surface area is 93.9 Å². The normalized spacial score (nSPS) is 22.6. The second-order valence-corrected chi connectivity index (χ2v) is 4.89. The van der Waals surface area contributed by atoms with Crippen molar-refractivity contribution >= 4 is 28.1 Å². The first-order chi connectivity index (χ1) is 6.92. The molecule has 2 nitrogen and oxygen atoms in total. The van der Waals surface area contributed by atoms with Gasteiger partial charge in [0.15, 0.2) is 5.13 Å². The topological polar surface area (TPSA) is 16.1 Å². The van der Waals surface area contributed by atoms with Crippen molar-refractivity contribution in [1.82, 2.24) is 4.98 Å². The molecule has 0 bridgehead atoms. The van der Waals surface area contributed by atoms with Crippen LogP contribution in [0.15, 0.2) is 11.6 Å². The Morgan fingerprint density at radius 2 is 2.50 bits per heavy atom. The van der Waals surface area contributed by atoms with E-state index in [1.807, 2.05) is 11.6 Å². The number of hydrogen-bond donors (Lipinski definition) is 0. The number of alkyl halides is 1. The van der Waals surface area contributed by atoms with Crippen LogP contribution in [-0.4, -0.2) is 23.5 Å². The third-order valence-corrected chi connectivity index (χ3v) is 3.76. The summed E-state index contributed by atoms with van der Waals surface area (Å²) in [5.74, 6) is 0.756. The number of rotatable bonds is 3. The van der Waals surface area contributed by atoms with Gasteiger partial charge in [-0.15, -0.1) is 22.9 Å². The first-order valence-electron chi connectivity index (χ1n) is 5.14. The first kappa shape index (κ1) is 10.2. The quantitative estimate of drug-likeness (QED) is 0.742. The Morgan fingerprint density at radius 3 is 3.21 bits per heavy atom. The zero-order chi connectivity index (χ0) is 9.80. The van der Waals surface area contributed by atoms with Crippen LogP contribution in [-0.2, 0) is 0 Å². The van der Waals surface area contributed by atoms with Crippen molar-refractivity contribution in [2.75, 3.05) is 17.3 Å². The highest BCUT2D eigenvalue weighted by atomic mass is 35.5. The van der Waals surface area contributed by atoms with Crippen LogP contribution in [0.5, 0.6) is 0 Å². The lowest BCUT2D eigenvalue weighted by Gasteiger charge is -2.35. The van der Waals surface area contributed by atoms with Gasteiger partial charge in [-0.1, -0.05) is 0 Å². The lowest BCUT2D eigenvalue weighted by molar-refractivity contribution is 0.451. The summed E-state index contributed by atoms with van der Waals surface area (Å²) in [4.78, 5) is 6.80. The van der Waals surface area contributed by atoms with Crippen molar-refractivity contribution in [3.63, 3.8) is 0 Å². The number of halogens is 1. The Bertz CT molecular complexity index is 261. The van der Waals surface area contributed by atoms with Gasteiger partial charge in [-0.25, -0.2) is 4.98 Å². The van der Waals surface area contributed by atoms with E-state index in [1.54, 1.807) is 11.3 Å². The maximum atomic E-state index is 5.82. The summed E-state index contributed by atoms with van der Waals surface area (Å²) >= 11 is 7.55. The molecule has 4 heteroatoms. The number of nitrogens with zero attached hydrogens (tertiary/aromatic N) is 2. The molecule has 1 saturated heterocycles. The number of hydrogen-bond acceptors (Lipinski definition) is 3. The zero-order valence-electron chi connectivity index (χ0n) is 8.16. The molecule has 1 aromatic heterocycles. The fourth-order valence-corrected chi connectivity index (χ4v) is 3.03. The Balaban J connectivity index is 2.06. The smallest absolute Gasteiger partial charge is 0.185 e. The van der Waals surface area contributed by atoms with E-state index in [2.05, 4.69) is 9.88 Å². The lowest BCUT2D eigenvalue weighted by atomic mass is 10.0. The number of thiazole rings is 1. The Kier molecular flexibility index (Phi) is 3.65. The number of piperidine rings is 1. The van der Waals surface area contributed by atoms with E-state index in [9.17, 15) is 0 Å². The summed E-state index contributed by atoms with van der Waals surface area (Å²) in [7, 11) is 0. The largest absolute Gasteiger partial charge is 0.345 e. The summed E-state index contributed by atoms with van der Waals surface area (Å²) in [6.45, 7) is 1.15. The second-order valence-electron chi connectivity index (χ2n) is 3.64. The Morgan fingerprint density at radius 1 is 1.57 bits per heavy atom. The molecule has 1 aliphatic rings. The Hall–Kier alpha value is -0.280. The molecule has 14 heavy (non-hydrogen) atoms. The van der Waals surface area contributed by atoms with Gasteiger partial charge in [0.1, 0.15) is 0 Å². The number of aromatic nitrogens is 1. The van der Waals surface area contributed by atoms with Crippen LogP contribution in [0, 0.1) is 0 Å². The van der Waals surface area contributed by atoms with Crippen LogP contribution in [0.2, 0.25) is 0 Å². The van der Waals surface area contributed by atoms with Gasteiger partial charge < -0.3 is 4.90 Å². The molecule has 0 amide bonds. The number of anilines is 1. The van der Waals surface area contributed by atoms with Crippen LogP contribution in [0.3, 0.4) is 0 Å². The third kappa shape index (κ3) is 2.20. The minimum Gasteiger partial charge on any atom is -0.345 e. The monoisotopic (exact) mass is 230 g/mol. The maximum absolute atomic E-state index is 5.82. The molecule has 0 saturated carbocycles. The molecule has 1 atom stereocenters. The molecule has 0 radical (unpaired) electrons. The standard InChI is InChI=1S/C10H15ClN2S/c11-5-4-9-3-1-2-7-13(9)10-12-6-8-14-10/h6,8-9H,1-5,7H2. The molecule has 1 unspecified atom stereocenters. The van der Waals surface area contributed by atoms with Gasteiger partial charge in [0, 0.05) is 30.0 Å². The minimum atomic E-state index is 0.618. The molecular weight excluding hydrogens is 216 g/mol. The predicted octanol–water partition coefficient (Wildman–Crippen LogP) is 3.13. The average molecular weight is 231 g/mol. The third-order valence-electron chi connectivity index (χ3n) is 2.73. The molecule has 2 heterocycles. The van der Waals surface area contributed by atoms with Gasteiger partial charge in [-0.05, 0) is 25.7 Å². The molecule has 1 fully saturated rings. The fourth-order valence-electron chi connectivity index (χ4n) is 2.04. The second kappa shape index (κ2) is 4.99. The molecule has 1 aromatic rings. The van der Waals surface area contributed by atoms with Crippen LogP contribution in [0.25, 0.3) is 0 Å². The van der Waals surface area contributed by atoms with Crippen molar-refractivity contribution in [1.29, 1.82) is 0 Å². The molecule has 2 rings (SSSR count). The van der Waals surface area contributed by atoms with Crippen molar-refractivity contribution in [2.45, 2.75) is 31.7 Å². The van der Waals surface area contributed by atoms with E-state index in [1.165, 1.54) is 24.4 Å². The highest BCUT2D eigenvalue weighted by Crippen LogP contribution is 2.27. The van der Waals surface area contributed by atoms with E-state index in [-0.39, 0.29) is 0 Å². The summed E-state index contributed by atoms with van der Waals surface area (Å²) in [5.41, 5.74) is 0. The molecule has 0 aliphatic carbocycles. The summed E-state index contributed by atoms with van der Waals surface area (Å²) in [6.07, 6.45) is 6.86. The molecular formula is C10H15ClN2S. The van der Waals surface area contributed by atoms with E-state index in [4.69, 9.17) is 11.6 Å². The van der Waals surface area contributed by atoms with Crippen LogP contribution >= 0.6 is 22.9 Å². The van der Waals surface area contributed by atoms with Crippen molar-refractivity contribution < 1.29 is 0 Å². The maximum Gasteiger partial charge on any atom is 0.185 e. The summed E-state index contributed by atoms with van der Waals surface area (Å²) < 4.78 is 0. The van der Waals surface area contributed by atoms with Crippen molar-refractivity contribution in [3.8, 4) is 0 Å². The van der Waals surface area contributed by atoms with Gasteiger partial charge in [0.05, 0.1) is 0 Å². The van der Waals surface area contributed by atoms with Crippen molar-refractivity contribution in [3.05, 3.63) is 11.6 Å². The average Bonchev–Trinajstić information content (AvgIpc) is 2.72. The van der Waals surface area contributed by atoms with Crippen LogP contribution < -0.4 is 4.90 Å². The molecule has 0 spiro atoms. The van der Waals surface area contributed by atoms with Gasteiger partial charge in [0.2, 0.25) is 0 Å². The van der Waals surface area contributed by atoms with Crippen LogP contribution in [0.4, 0.5) is 5.13 Å². The minimum absolute atomic E-state index is 0.618. The summed E-state index contributed by atoms with van der Waals surface area (Å²) in [5, 5.41) is 3.21. The van der Waals surface area contributed by atoms with E-state index < -0.39 is 0 Å². The van der Waals surface area contributed by atoms with Gasteiger partial charge in [-0.2, -0.15) is 0 Å². The molecule has 78 valence electrons. The lowest BCUT2D eigenvalue weighted by Crippen LogP contribution is -2.39. The highest BCUT2D eigenvalue weighted by molar-refractivity contribution is 7.13. The van der Waals surface area contributed by atoms with Gasteiger partial charge >= 0.3 is 0 Å². The summed E-state index contributed by atoms with van der Waals surface area (Å²) in [6, 6.07) is 0.618. The molecule has 0 N–H and O–H groups in total. The molecule has 1 aliphatic heterocycles. The van der Waals surface area contributed by atoms with Gasteiger partial charge in [0.25, 0.3) is 0 Å². The fraction of sp³-hybridized carbons (Fsp3) is 0.700. The van der Waals surface area contributed by atoms with E-state index >= 15 is 0 Å². The van der Waals surface area contributed by atoms with Crippen LogP contribution in [0.1, 0.15) is 25.7 Å². The van der Waals surface area contributed by atoms with E-state index in [0.717, 1.165) is 18.8 Å². The molecule has 0 aromatic carbocycles.